The lowest BCUT2D eigenvalue weighted by atomic mass is 10.2. The minimum atomic E-state index is 0.569. The minimum absolute atomic E-state index is 0.569. The van der Waals surface area contributed by atoms with Crippen LogP contribution in [0.3, 0.4) is 0 Å². The monoisotopic (exact) mass is 229 g/mol. The van der Waals surface area contributed by atoms with Crippen LogP contribution in [0.2, 0.25) is 0 Å². The Balaban J connectivity index is 1.61. The molecule has 1 N–H and O–H groups in total. The topological polar surface area (TPSA) is 51.0 Å². The molecule has 0 amide bonds. The number of anilines is 1. The van der Waals surface area contributed by atoms with Crippen molar-refractivity contribution >= 4 is 5.95 Å². The van der Waals surface area contributed by atoms with E-state index < -0.39 is 0 Å². The highest BCUT2D eigenvalue weighted by Gasteiger charge is 2.20. The second-order valence-electron chi connectivity index (χ2n) is 4.45. The number of rotatable bonds is 5. The van der Waals surface area contributed by atoms with Gasteiger partial charge in [-0.15, -0.1) is 0 Å². The molecule has 0 bridgehead atoms. The third kappa shape index (κ3) is 2.64. The Morgan fingerprint density at radius 1 is 1.24 bits per heavy atom. The fraction of sp³-hybridized carbons (Fsp3) is 0.385. The molecule has 4 heteroatoms. The number of hydrogen-bond acceptors (Lipinski definition) is 4. The Bertz CT molecular complexity index is 476. The lowest BCUT2D eigenvalue weighted by molar-refractivity contribution is 0.432. The van der Waals surface area contributed by atoms with Gasteiger partial charge < -0.3 is 9.84 Å². The molecule has 0 aliphatic heterocycles. The van der Waals surface area contributed by atoms with Crippen LogP contribution in [0, 0.1) is 5.92 Å². The first-order valence-electron chi connectivity index (χ1n) is 6.05. The van der Waals surface area contributed by atoms with Crippen LogP contribution in [0.15, 0.2) is 34.9 Å². The molecule has 1 saturated carbocycles. The molecule has 1 aliphatic rings. The van der Waals surface area contributed by atoms with Gasteiger partial charge in [0.05, 0.1) is 0 Å². The van der Waals surface area contributed by atoms with Gasteiger partial charge in [0.1, 0.15) is 0 Å². The molecular weight excluding hydrogens is 214 g/mol. The van der Waals surface area contributed by atoms with E-state index in [0.29, 0.717) is 11.8 Å². The van der Waals surface area contributed by atoms with E-state index in [-0.39, 0.29) is 0 Å². The standard InChI is InChI=1S/C13H15N3O/c1-2-4-11(5-3-1)12-15-13(16-17-12)14-9-8-10-6-7-10/h1-5,10H,6-9H2,(H,14,16). The third-order valence-electron chi connectivity index (χ3n) is 2.98. The van der Waals surface area contributed by atoms with Crippen LogP contribution in [-0.2, 0) is 0 Å². The predicted molar refractivity (Wildman–Crippen MR) is 65.6 cm³/mol. The maximum Gasteiger partial charge on any atom is 0.263 e. The van der Waals surface area contributed by atoms with Gasteiger partial charge in [0.25, 0.3) is 11.8 Å². The number of aromatic nitrogens is 2. The number of benzene rings is 1. The van der Waals surface area contributed by atoms with Crippen molar-refractivity contribution in [3.63, 3.8) is 0 Å². The second-order valence-corrected chi connectivity index (χ2v) is 4.45. The van der Waals surface area contributed by atoms with Crippen molar-refractivity contribution in [3.8, 4) is 11.5 Å². The zero-order valence-corrected chi connectivity index (χ0v) is 9.60. The average Bonchev–Trinajstić information content (AvgIpc) is 3.07. The summed E-state index contributed by atoms with van der Waals surface area (Å²) >= 11 is 0. The van der Waals surface area contributed by atoms with E-state index in [1.807, 2.05) is 30.3 Å². The quantitative estimate of drug-likeness (QED) is 0.856. The second kappa shape index (κ2) is 4.57. The minimum Gasteiger partial charge on any atom is -0.352 e. The van der Waals surface area contributed by atoms with Gasteiger partial charge in [-0.05, 0) is 29.6 Å². The highest BCUT2D eigenvalue weighted by Crippen LogP contribution is 2.32. The van der Waals surface area contributed by atoms with Crippen molar-refractivity contribution in [3.05, 3.63) is 30.3 Å². The van der Waals surface area contributed by atoms with E-state index in [0.717, 1.165) is 18.0 Å². The number of hydrogen-bond donors (Lipinski definition) is 1. The maximum absolute atomic E-state index is 5.20. The first-order chi connectivity index (χ1) is 8.42. The van der Waals surface area contributed by atoms with Gasteiger partial charge in [-0.1, -0.05) is 31.0 Å². The summed E-state index contributed by atoms with van der Waals surface area (Å²) in [6, 6.07) is 9.80. The lowest BCUT2D eigenvalue weighted by Crippen LogP contribution is -2.03. The van der Waals surface area contributed by atoms with Crippen LogP contribution in [0.4, 0.5) is 5.95 Å². The van der Waals surface area contributed by atoms with Gasteiger partial charge >= 0.3 is 0 Å². The maximum atomic E-state index is 5.20. The molecule has 17 heavy (non-hydrogen) atoms. The van der Waals surface area contributed by atoms with E-state index >= 15 is 0 Å². The molecule has 0 radical (unpaired) electrons. The van der Waals surface area contributed by atoms with Crippen molar-refractivity contribution in [2.45, 2.75) is 19.3 Å². The summed E-state index contributed by atoms with van der Waals surface area (Å²) in [7, 11) is 0. The molecule has 1 heterocycles. The first kappa shape index (κ1) is 10.3. The van der Waals surface area contributed by atoms with Crippen LogP contribution in [0.5, 0.6) is 0 Å². The molecule has 0 saturated heterocycles. The van der Waals surface area contributed by atoms with Crippen LogP contribution >= 0.6 is 0 Å². The molecule has 0 unspecified atom stereocenters. The van der Waals surface area contributed by atoms with Crippen LogP contribution in [-0.4, -0.2) is 16.7 Å². The van der Waals surface area contributed by atoms with E-state index in [4.69, 9.17) is 4.52 Å². The molecule has 1 aliphatic carbocycles. The Morgan fingerprint density at radius 2 is 2.06 bits per heavy atom. The van der Waals surface area contributed by atoms with E-state index in [1.54, 1.807) is 0 Å². The summed E-state index contributed by atoms with van der Waals surface area (Å²) in [5.74, 6) is 2.08. The molecule has 1 aromatic heterocycles. The van der Waals surface area contributed by atoms with Crippen molar-refractivity contribution in [2.24, 2.45) is 5.92 Å². The zero-order chi connectivity index (χ0) is 11.5. The molecule has 4 nitrogen and oxygen atoms in total. The molecule has 0 spiro atoms. The van der Waals surface area contributed by atoms with Crippen LogP contribution in [0.1, 0.15) is 19.3 Å². The highest BCUT2D eigenvalue weighted by atomic mass is 16.5. The largest absolute Gasteiger partial charge is 0.352 e. The highest BCUT2D eigenvalue weighted by molar-refractivity contribution is 5.53. The van der Waals surface area contributed by atoms with Crippen molar-refractivity contribution in [1.29, 1.82) is 0 Å². The van der Waals surface area contributed by atoms with Gasteiger partial charge in [0, 0.05) is 12.1 Å². The van der Waals surface area contributed by atoms with Crippen molar-refractivity contribution in [1.82, 2.24) is 10.1 Å². The van der Waals surface area contributed by atoms with Crippen LogP contribution < -0.4 is 5.32 Å². The zero-order valence-electron chi connectivity index (χ0n) is 9.60. The summed E-state index contributed by atoms with van der Waals surface area (Å²) in [4.78, 5) is 4.31. The van der Waals surface area contributed by atoms with Gasteiger partial charge in [-0.2, -0.15) is 4.98 Å². The SMILES string of the molecule is c1ccc(-c2nc(NCCC3CC3)no2)cc1. The molecule has 88 valence electrons. The molecule has 0 atom stereocenters. The number of nitrogens with one attached hydrogen (secondary N) is 1. The van der Waals surface area contributed by atoms with Gasteiger partial charge in [0.2, 0.25) is 0 Å². The fourth-order valence-corrected chi connectivity index (χ4v) is 1.79. The summed E-state index contributed by atoms with van der Waals surface area (Å²) in [5, 5.41) is 7.10. The first-order valence-corrected chi connectivity index (χ1v) is 6.05. The summed E-state index contributed by atoms with van der Waals surface area (Å²) in [5.41, 5.74) is 0.954. The van der Waals surface area contributed by atoms with Gasteiger partial charge in [-0.3, -0.25) is 0 Å². The normalized spacial score (nSPS) is 14.8. The lowest BCUT2D eigenvalue weighted by Gasteiger charge is -1.97. The van der Waals surface area contributed by atoms with Crippen molar-refractivity contribution in [2.75, 3.05) is 11.9 Å². The summed E-state index contributed by atoms with van der Waals surface area (Å²) < 4.78 is 5.20. The molecule has 1 aromatic carbocycles. The van der Waals surface area contributed by atoms with Crippen LogP contribution in [0.25, 0.3) is 11.5 Å². The molecule has 2 aromatic rings. The summed E-state index contributed by atoms with van der Waals surface area (Å²) in [6.07, 6.45) is 3.96. The predicted octanol–water partition coefficient (Wildman–Crippen LogP) is 2.95. The molecular formula is C13H15N3O. The fourth-order valence-electron chi connectivity index (χ4n) is 1.79. The average molecular weight is 229 g/mol. The molecule has 3 rings (SSSR count). The number of nitrogens with zero attached hydrogens (tertiary/aromatic N) is 2. The van der Waals surface area contributed by atoms with Crippen molar-refractivity contribution < 1.29 is 4.52 Å². The Morgan fingerprint density at radius 3 is 2.82 bits per heavy atom. The summed E-state index contributed by atoms with van der Waals surface area (Å²) in [6.45, 7) is 0.929. The van der Waals surface area contributed by atoms with E-state index in [2.05, 4.69) is 15.5 Å². The Hall–Kier alpha value is -1.84. The smallest absolute Gasteiger partial charge is 0.263 e. The third-order valence-corrected chi connectivity index (χ3v) is 2.98. The Labute approximate surface area is 100 Å². The van der Waals surface area contributed by atoms with Gasteiger partial charge in [0.15, 0.2) is 0 Å². The van der Waals surface area contributed by atoms with E-state index in [9.17, 15) is 0 Å². The van der Waals surface area contributed by atoms with Gasteiger partial charge in [-0.25, -0.2) is 0 Å². The van der Waals surface area contributed by atoms with E-state index in [1.165, 1.54) is 19.3 Å². The Kier molecular flexibility index (Phi) is 2.78. The molecule has 1 fully saturated rings.